The van der Waals surface area contributed by atoms with Crippen molar-refractivity contribution in [2.45, 2.75) is 12.6 Å². The number of nitrogens with zero attached hydrogens (tertiary/aromatic N) is 1. The molecule has 1 N–H and O–H groups in total. The molecule has 0 bridgehead atoms. The molecule has 0 aliphatic rings. The maximum absolute atomic E-state index is 11.9. The van der Waals surface area contributed by atoms with Crippen LogP contribution in [0.5, 0.6) is 0 Å². The van der Waals surface area contributed by atoms with Gasteiger partial charge in [0.15, 0.2) is 0 Å². The van der Waals surface area contributed by atoms with Gasteiger partial charge in [-0.05, 0) is 29.8 Å². The normalized spacial score (nSPS) is 11.9. The highest BCUT2D eigenvalue weighted by atomic mass is 35.5. The number of carbonyl (C=O) groups excluding carboxylic acids is 1. The SMILES string of the molecule is COC(=O)C(NCc1ccccn1)c1ccc(Cl)cc1. The number of methoxy groups -OCH3 is 1. The maximum atomic E-state index is 11.9. The first-order valence-corrected chi connectivity index (χ1v) is 6.55. The Morgan fingerprint density at radius 1 is 1.30 bits per heavy atom. The molecule has 0 saturated heterocycles. The number of carbonyl (C=O) groups is 1. The van der Waals surface area contributed by atoms with E-state index in [0.29, 0.717) is 11.6 Å². The van der Waals surface area contributed by atoms with E-state index < -0.39 is 6.04 Å². The lowest BCUT2D eigenvalue weighted by atomic mass is 10.1. The van der Waals surface area contributed by atoms with E-state index in [0.717, 1.165) is 11.3 Å². The van der Waals surface area contributed by atoms with Gasteiger partial charge >= 0.3 is 5.97 Å². The fraction of sp³-hybridized carbons (Fsp3) is 0.200. The lowest BCUT2D eigenvalue weighted by Crippen LogP contribution is -2.29. The van der Waals surface area contributed by atoms with Crippen LogP contribution in [0.1, 0.15) is 17.3 Å². The minimum absolute atomic E-state index is 0.344. The molecule has 1 unspecified atom stereocenters. The second-order valence-electron chi connectivity index (χ2n) is 4.21. The number of benzene rings is 1. The monoisotopic (exact) mass is 290 g/mol. The molecule has 0 aliphatic carbocycles. The van der Waals surface area contributed by atoms with Crippen LogP contribution in [-0.2, 0) is 16.1 Å². The van der Waals surface area contributed by atoms with Crippen molar-refractivity contribution in [2.75, 3.05) is 7.11 Å². The van der Waals surface area contributed by atoms with Crippen molar-refractivity contribution in [1.29, 1.82) is 0 Å². The fourth-order valence-electron chi connectivity index (χ4n) is 1.82. The van der Waals surface area contributed by atoms with E-state index in [1.165, 1.54) is 7.11 Å². The van der Waals surface area contributed by atoms with E-state index in [1.807, 2.05) is 18.2 Å². The summed E-state index contributed by atoms with van der Waals surface area (Å²) in [4.78, 5) is 16.1. The number of ether oxygens (including phenoxy) is 1. The van der Waals surface area contributed by atoms with Gasteiger partial charge in [0.05, 0.1) is 12.8 Å². The van der Waals surface area contributed by atoms with Crippen LogP contribution in [0.4, 0.5) is 0 Å². The van der Waals surface area contributed by atoms with Crippen molar-refractivity contribution >= 4 is 17.6 Å². The van der Waals surface area contributed by atoms with Gasteiger partial charge in [0.1, 0.15) is 6.04 Å². The number of nitrogens with one attached hydrogen (secondary N) is 1. The van der Waals surface area contributed by atoms with E-state index in [9.17, 15) is 4.79 Å². The Bertz CT molecular complexity index is 558. The van der Waals surface area contributed by atoms with Gasteiger partial charge in [-0.1, -0.05) is 29.8 Å². The minimum atomic E-state index is -0.542. The smallest absolute Gasteiger partial charge is 0.327 e. The summed E-state index contributed by atoms with van der Waals surface area (Å²) >= 11 is 5.86. The largest absolute Gasteiger partial charge is 0.468 e. The summed E-state index contributed by atoms with van der Waals surface area (Å²) < 4.78 is 4.83. The summed E-state index contributed by atoms with van der Waals surface area (Å²) in [6.45, 7) is 0.475. The molecule has 5 heteroatoms. The Labute approximate surface area is 122 Å². The van der Waals surface area contributed by atoms with Crippen LogP contribution >= 0.6 is 11.6 Å². The predicted octanol–water partition coefficient (Wildman–Crippen LogP) is 2.74. The number of aromatic nitrogens is 1. The fourth-order valence-corrected chi connectivity index (χ4v) is 1.95. The molecule has 0 fully saturated rings. The summed E-state index contributed by atoms with van der Waals surface area (Å²) in [5.41, 5.74) is 1.66. The van der Waals surface area contributed by atoms with Gasteiger partial charge in [0, 0.05) is 17.8 Å². The van der Waals surface area contributed by atoms with Crippen molar-refractivity contribution < 1.29 is 9.53 Å². The zero-order valence-electron chi connectivity index (χ0n) is 11.0. The predicted molar refractivity (Wildman–Crippen MR) is 77.3 cm³/mol. The molecule has 2 aromatic rings. The Morgan fingerprint density at radius 2 is 2.05 bits per heavy atom. The second-order valence-corrected chi connectivity index (χ2v) is 4.65. The van der Waals surface area contributed by atoms with Crippen molar-refractivity contribution in [2.24, 2.45) is 0 Å². The van der Waals surface area contributed by atoms with E-state index in [1.54, 1.807) is 30.5 Å². The van der Waals surface area contributed by atoms with Crippen LogP contribution in [0.25, 0.3) is 0 Å². The van der Waals surface area contributed by atoms with Gasteiger partial charge < -0.3 is 4.74 Å². The van der Waals surface area contributed by atoms with Crippen LogP contribution in [0.2, 0.25) is 5.02 Å². The highest BCUT2D eigenvalue weighted by Gasteiger charge is 2.20. The molecule has 0 saturated carbocycles. The highest BCUT2D eigenvalue weighted by Crippen LogP contribution is 2.18. The van der Waals surface area contributed by atoms with Gasteiger partial charge in [-0.2, -0.15) is 0 Å². The molecule has 0 radical (unpaired) electrons. The number of pyridine rings is 1. The standard InChI is InChI=1S/C15H15ClN2O2/c1-20-15(19)14(11-5-7-12(16)8-6-11)18-10-13-4-2-3-9-17-13/h2-9,14,18H,10H2,1H3. The molecule has 4 nitrogen and oxygen atoms in total. The lowest BCUT2D eigenvalue weighted by molar-refractivity contribution is -0.143. The molecule has 2 rings (SSSR count). The molecular weight excluding hydrogens is 276 g/mol. The Hall–Kier alpha value is -1.91. The number of esters is 1. The van der Waals surface area contributed by atoms with Crippen molar-refractivity contribution in [3.05, 3.63) is 64.9 Å². The van der Waals surface area contributed by atoms with Gasteiger partial charge in [-0.15, -0.1) is 0 Å². The average molecular weight is 291 g/mol. The molecule has 0 amide bonds. The summed E-state index contributed by atoms with van der Waals surface area (Å²) in [5.74, 6) is -0.344. The molecular formula is C15H15ClN2O2. The van der Waals surface area contributed by atoms with Crippen LogP contribution < -0.4 is 5.32 Å². The van der Waals surface area contributed by atoms with Gasteiger partial charge in [-0.3, -0.25) is 10.3 Å². The molecule has 104 valence electrons. The van der Waals surface area contributed by atoms with Crippen molar-refractivity contribution in [1.82, 2.24) is 10.3 Å². The molecule has 1 heterocycles. The zero-order valence-corrected chi connectivity index (χ0v) is 11.8. The number of hydrogen-bond acceptors (Lipinski definition) is 4. The number of hydrogen-bond donors (Lipinski definition) is 1. The van der Waals surface area contributed by atoms with Crippen molar-refractivity contribution in [3.63, 3.8) is 0 Å². The topological polar surface area (TPSA) is 51.2 Å². The van der Waals surface area contributed by atoms with Crippen LogP contribution in [0.3, 0.4) is 0 Å². The molecule has 1 aromatic heterocycles. The zero-order chi connectivity index (χ0) is 14.4. The van der Waals surface area contributed by atoms with Crippen LogP contribution in [0, 0.1) is 0 Å². The van der Waals surface area contributed by atoms with Gasteiger partial charge in [0.25, 0.3) is 0 Å². The summed E-state index contributed by atoms with van der Waals surface area (Å²) in [6, 6.07) is 12.2. The maximum Gasteiger partial charge on any atom is 0.327 e. The Morgan fingerprint density at radius 3 is 2.65 bits per heavy atom. The van der Waals surface area contributed by atoms with Gasteiger partial charge in [0.2, 0.25) is 0 Å². The number of rotatable bonds is 5. The van der Waals surface area contributed by atoms with E-state index in [4.69, 9.17) is 16.3 Å². The van der Waals surface area contributed by atoms with E-state index >= 15 is 0 Å². The molecule has 0 spiro atoms. The Balaban J connectivity index is 2.12. The van der Waals surface area contributed by atoms with E-state index in [2.05, 4.69) is 10.3 Å². The summed E-state index contributed by atoms with van der Waals surface area (Å²) in [6.07, 6.45) is 1.71. The van der Waals surface area contributed by atoms with Gasteiger partial charge in [-0.25, -0.2) is 4.79 Å². The molecule has 0 aliphatic heterocycles. The molecule has 1 aromatic carbocycles. The third-order valence-electron chi connectivity index (χ3n) is 2.85. The van der Waals surface area contributed by atoms with Crippen LogP contribution in [0.15, 0.2) is 48.7 Å². The third-order valence-corrected chi connectivity index (χ3v) is 3.11. The quantitative estimate of drug-likeness (QED) is 0.860. The average Bonchev–Trinajstić information content (AvgIpc) is 2.50. The first-order chi connectivity index (χ1) is 9.70. The third kappa shape index (κ3) is 3.79. The highest BCUT2D eigenvalue weighted by molar-refractivity contribution is 6.30. The minimum Gasteiger partial charge on any atom is -0.468 e. The Kier molecular flexibility index (Phi) is 5.09. The van der Waals surface area contributed by atoms with E-state index in [-0.39, 0.29) is 5.97 Å². The molecule has 20 heavy (non-hydrogen) atoms. The lowest BCUT2D eigenvalue weighted by Gasteiger charge is -2.16. The summed E-state index contributed by atoms with van der Waals surface area (Å²) in [7, 11) is 1.37. The van der Waals surface area contributed by atoms with Crippen molar-refractivity contribution in [3.8, 4) is 0 Å². The second kappa shape index (κ2) is 7.03. The molecule has 1 atom stereocenters. The first kappa shape index (κ1) is 14.5. The number of halogens is 1. The van der Waals surface area contributed by atoms with Crippen LogP contribution in [-0.4, -0.2) is 18.1 Å². The first-order valence-electron chi connectivity index (χ1n) is 6.17. The summed E-state index contributed by atoms with van der Waals surface area (Å²) in [5, 5.41) is 3.77.